The van der Waals surface area contributed by atoms with Crippen LogP contribution in [0.15, 0.2) is 21.6 Å². The highest BCUT2D eigenvalue weighted by molar-refractivity contribution is 5.76. The van der Waals surface area contributed by atoms with Crippen LogP contribution in [0.25, 0.3) is 0 Å². The van der Waals surface area contributed by atoms with Crippen molar-refractivity contribution in [2.45, 2.75) is 54.0 Å². The zero-order valence-corrected chi connectivity index (χ0v) is 11.8. The van der Waals surface area contributed by atoms with E-state index in [2.05, 4.69) is 50.7 Å². The zero-order chi connectivity index (χ0) is 12.8. The molecular weight excluding hydrogens is 196 g/mol. The number of nitrogens with zero attached hydrogens (tertiary/aromatic N) is 2. The smallest absolute Gasteiger partial charge is 0.110 e. The Kier molecular flexibility index (Phi) is 6.24. The summed E-state index contributed by atoms with van der Waals surface area (Å²) in [6.45, 7) is 14.8. The van der Waals surface area contributed by atoms with Crippen molar-refractivity contribution in [3.8, 4) is 0 Å². The molecule has 92 valence electrons. The molecule has 0 aromatic heterocycles. The van der Waals surface area contributed by atoms with Crippen LogP contribution in [0.4, 0.5) is 0 Å². The maximum Gasteiger partial charge on any atom is 0.110 e. The molecule has 0 fully saturated rings. The Hall–Kier alpha value is -0.920. The molecule has 1 atom stereocenters. The Morgan fingerprint density at radius 2 is 1.81 bits per heavy atom. The number of aliphatic imine (C=N–C) groups is 2. The first-order valence-electron chi connectivity index (χ1n) is 6.22. The van der Waals surface area contributed by atoms with Gasteiger partial charge in [0, 0.05) is 12.1 Å². The first-order valence-corrected chi connectivity index (χ1v) is 6.22. The summed E-state index contributed by atoms with van der Waals surface area (Å²) in [5.41, 5.74) is 1.31. The summed E-state index contributed by atoms with van der Waals surface area (Å²) in [6.07, 6.45) is 5.89. The first-order chi connectivity index (χ1) is 7.42. The van der Waals surface area contributed by atoms with E-state index >= 15 is 0 Å². The normalized spacial score (nSPS) is 26.2. The predicted octanol–water partition coefficient (Wildman–Crippen LogP) is 4.12. The lowest BCUT2D eigenvalue weighted by molar-refractivity contribution is 0.609. The van der Waals surface area contributed by atoms with Gasteiger partial charge in [0.15, 0.2) is 0 Å². The van der Waals surface area contributed by atoms with E-state index in [1.165, 1.54) is 5.57 Å². The molecule has 1 heterocycles. The second kappa shape index (κ2) is 6.62. The monoisotopic (exact) mass is 222 g/mol. The van der Waals surface area contributed by atoms with E-state index in [-0.39, 0.29) is 5.54 Å². The van der Waals surface area contributed by atoms with Crippen molar-refractivity contribution in [3.05, 3.63) is 11.6 Å². The maximum absolute atomic E-state index is 4.38. The number of hydrogen-bond acceptors (Lipinski definition) is 2. The van der Waals surface area contributed by atoms with Crippen molar-refractivity contribution >= 4 is 12.6 Å². The van der Waals surface area contributed by atoms with Crippen LogP contribution in [0.5, 0.6) is 0 Å². The van der Waals surface area contributed by atoms with Gasteiger partial charge in [-0.25, -0.2) is 4.99 Å². The Balaban J connectivity index is 0.00000106. The van der Waals surface area contributed by atoms with Crippen molar-refractivity contribution < 1.29 is 0 Å². The first kappa shape index (κ1) is 15.1. The third-order valence-corrected chi connectivity index (χ3v) is 2.48. The SMILES string of the molecule is CC.CC(C)/C1=C/C(C)(C)N=CN=CC1C. The van der Waals surface area contributed by atoms with Crippen molar-refractivity contribution in [3.63, 3.8) is 0 Å². The van der Waals surface area contributed by atoms with Crippen LogP contribution in [0.3, 0.4) is 0 Å². The molecule has 0 saturated carbocycles. The predicted molar refractivity (Wildman–Crippen MR) is 74.5 cm³/mol. The van der Waals surface area contributed by atoms with Gasteiger partial charge in [0.1, 0.15) is 6.34 Å². The Morgan fingerprint density at radius 3 is 2.31 bits per heavy atom. The van der Waals surface area contributed by atoms with E-state index < -0.39 is 0 Å². The van der Waals surface area contributed by atoms with Crippen LogP contribution >= 0.6 is 0 Å². The van der Waals surface area contributed by atoms with Crippen molar-refractivity contribution in [2.24, 2.45) is 21.8 Å². The minimum absolute atomic E-state index is 0.119. The van der Waals surface area contributed by atoms with Crippen LogP contribution in [0.2, 0.25) is 0 Å². The fraction of sp³-hybridized carbons (Fsp3) is 0.714. The van der Waals surface area contributed by atoms with E-state index in [1.54, 1.807) is 6.34 Å². The molecule has 16 heavy (non-hydrogen) atoms. The average Bonchev–Trinajstić information content (AvgIpc) is 2.22. The van der Waals surface area contributed by atoms with Gasteiger partial charge in [0.25, 0.3) is 0 Å². The molecule has 1 aliphatic rings. The van der Waals surface area contributed by atoms with Gasteiger partial charge >= 0.3 is 0 Å². The summed E-state index contributed by atoms with van der Waals surface area (Å²) in [5.74, 6) is 0.977. The molecule has 0 saturated heterocycles. The van der Waals surface area contributed by atoms with Crippen molar-refractivity contribution in [1.82, 2.24) is 0 Å². The third kappa shape index (κ3) is 4.73. The number of rotatable bonds is 1. The molecule has 0 aromatic carbocycles. The van der Waals surface area contributed by atoms with Gasteiger partial charge in [0.05, 0.1) is 5.54 Å². The van der Waals surface area contributed by atoms with Crippen LogP contribution in [-0.4, -0.2) is 18.1 Å². The van der Waals surface area contributed by atoms with E-state index in [1.807, 2.05) is 20.1 Å². The van der Waals surface area contributed by atoms with Gasteiger partial charge < -0.3 is 0 Å². The van der Waals surface area contributed by atoms with E-state index in [0.29, 0.717) is 11.8 Å². The Morgan fingerprint density at radius 1 is 1.25 bits per heavy atom. The molecule has 0 spiro atoms. The van der Waals surface area contributed by atoms with Gasteiger partial charge in [-0.05, 0) is 19.8 Å². The molecule has 2 nitrogen and oxygen atoms in total. The minimum Gasteiger partial charge on any atom is -0.263 e. The van der Waals surface area contributed by atoms with Gasteiger partial charge in [-0.2, -0.15) is 0 Å². The van der Waals surface area contributed by atoms with E-state index in [9.17, 15) is 0 Å². The average molecular weight is 222 g/mol. The van der Waals surface area contributed by atoms with Crippen molar-refractivity contribution in [1.29, 1.82) is 0 Å². The topological polar surface area (TPSA) is 24.7 Å². The third-order valence-electron chi connectivity index (χ3n) is 2.48. The molecule has 0 bridgehead atoms. The van der Waals surface area contributed by atoms with Crippen molar-refractivity contribution in [2.75, 3.05) is 0 Å². The second-order valence-electron chi connectivity index (χ2n) is 4.78. The lowest BCUT2D eigenvalue weighted by Crippen LogP contribution is -2.19. The van der Waals surface area contributed by atoms with Crippen LogP contribution in [0.1, 0.15) is 48.5 Å². The lowest BCUT2D eigenvalue weighted by Gasteiger charge is -2.23. The molecular formula is C14H26N2. The molecule has 0 N–H and O–H groups in total. The summed E-state index contributed by atoms with van der Waals surface area (Å²) in [4.78, 5) is 8.57. The molecule has 1 unspecified atom stereocenters. The highest BCUT2D eigenvalue weighted by Gasteiger charge is 2.19. The van der Waals surface area contributed by atoms with Crippen LogP contribution in [0, 0.1) is 11.8 Å². The summed E-state index contributed by atoms with van der Waals surface area (Å²) < 4.78 is 0. The summed E-state index contributed by atoms with van der Waals surface area (Å²) in [6, 6.07) is 0. The largest absolute Gasteiger partial charge is 0.263 e. The molecule has 1 aliphatic heterocycles. The molecule has 0 aromatic rings. The highest BCUT2D eigenvalue weighted by Crippen LogP contribution is 2.24. The molecule has 1 rings (SSSR count). The van der Waals surface area contributed by atoms with Gasteiger partial charge in [-0.3, -0.25) is 4.99 Å². The fourth-order valence-electron chi connectivity index (χ4n) is 1.70. The number of hydrogen-bond donors (Lipinski definition) is 0. The van der Waals surface area contributed by atoms with Crippen LogP contribution in [-0.2, 0) is 0 Å². The van der Waals surface area contributed by atoms with E-state index in [4.69, 9.17) is 0 Å². The molecule has 0 radical (unpaired) electrons. The maximum atomic E-state index is 4.38. The highest BCUT2D eigenvalue weighted by atomic mass is 14.9. The quantitative estimate of drug-likeness (QED) is 0.596. The standard InChI is InChI=1S/C12H20N2.C2H6/c1-9(2)11-6-12(4,5)14-8-13-7-10(11)3;1-2/h6-10H,1-5H3;1-2H3/b11-6-,13-7?,14-8?;. The summed E-state index contributed by atoms with van der Waals surface area (Å²) in [5, 5.41) is 0. The van der Waals surface area contributed by atoms with E-state index in [0.717, 1.165) is 0 Å². The summed E-state index contributed by atoms with van der Waals surface area (Å²) >= 11 is 0. The van der Waals surface area contributed by atoms with Gasteiger partial charge in [-0.1, -0.05) is 46.3 Å². The van der Waals surface area contributed by atoms with Crippen LogP contribution < -0.4 is 0 Å². The fourth-order valence-corrected chi connectivity index (χ4v) is 1.70. The van der Waals surface area contributed by atoms with Gasteiger partial charge in [-0.15, -0.1) is 0 Å². The number of allylic oxidation sites excluding steroid dienone is 1. The van der Waals surface area contributed by atoms with Gasteiger partial charge in [0.2, 0.25) is 0 Å². The minimum atomic E-state index is -0.119. The zero-order valence-electron chi connectivity index (χ0n) is 11.8. The summed E-state index contributed by atoms with van der Waals surface area (Å²) in [7, 11) is 0. The molecule has 0 amide bonds. The second-order valence-corrected chi connectivity index (χ2v) is 4.78. The lowest BCUT2D eigenvalue weighted by atomic mass is 9.87. The Bertz CT molecular complexity index is 283. The molecule has 2 heteroatoms. The Labute approximate surface area is 101 Å². The molecule has 0 aliphatic carbocycles.